The molecule has 0 saturated heterocycles. The molecule has 2 aromatic heterocycles. The fourth-order valence-electron chi connectivity index (χ4n) is 1.74. The molecule has 6 nitrogen and oxygen atoms in total. The number of fused-ring (bicyclic) bond motifs is 1. The Morgan fingerprint density at radius 3 is 3.16 bits per heavy atom. The zero-order chi connectivity index (χ0) is 13.7. The minimum atomic E-state index is -0.853. The lowest BCUT2D eigenvalue weighted by atomic mass is 10.4. The Balaban J connectivity index is 2.26. The molecule has 0 aliphatic heterocycles. The van der Waals surface area contributed by atoms with Gasteiger partial charge in [0, 0.05) is 26.5 Å². The van der Waals surface area contributed by atoms with Crippen molar-refractivity contribution >= 4 is 28.9 Å². The number of pyridine rings is 1. The molecule has 0 aliphatic rings. The first kappa shape index (κ1) is 13.8. The average Bonchev–Trinajstić information content (AvgIpc) is 2.75. The number of hydrogen-bond acceptors (Lipinski definition) is 5. The van der Waals surface area contributed by atoms with E-state index in [2.05, 4.69) is 9.97 Å². The Bertz CT molecular complexity index is 570. The third kappa shape index (κ3) is 3.45. The quantitative estimate of drug-likeness (QED) is 0.614. The molecular formula is C12H15N3O3S. The summed E-state index contributed by atoms with van der Waals surface area (Å²) in [6, 6.07) is 3.69. The number of ether oxygens (including phenoxy) is 1. The minimum absolute atomic E-state index is 0.00635. The Labute approximate surface area is 114 Å². The van der Waals surface area contributed by atoms with Gasteiger partial charge >= 0.3 is 5.97 Å². The van der Waals surface area contributed by atoms with Crippen molar-refractivity contribution in [2.45, 2.75) is 18.1 Å². The van der Waals surface area contributed by atoms with Gasteiger partial charge in [-0.3, -0.25) is 4.79 Å². The molecule has 0 spiro atoms. The van der Waals surface area contributed by atoms with Gasteiger partial charge in [-0.2, -0.15) is 0 Å². The second kappa shape index (κ2) is 6.53. The van der Waals surface area contributed by atoms with E-state index in [0.717, 1.165) is 17.6 Å². The summed E-state index contributed by atoms with van der Waals surface area (Å²) in [6.45, 7) is 1.36. The van der Waals surface area contributed by atoms with Crippen LogP contribution in [0.5, 0.6) is 0 Å². The van der Waals surface area contributed by atoms with Crippen LogP contribution in [0.15, 0.2) is 23.5 Å². The van der Waals surface area contributed by atoms with Crippen molar-refractivity contribution in [1.29, 1.82) is 0 Å². The van der Waals surface area contributed by atoms with E-state index in [-0.39, 0.29) is 5.75 Å². The summed E-state index contributed by atoms with van der Waals surface area (Å²) >= 11 is 1.21. The fourth-order valence-corrected chi connectivity index (χ4v) is 2.49. The van der Waals surface area contributed by atoms with Crippen LogP contribution >= 0.6 is 11.8 Å². The van der Waals surface area contributed by atoms with Crippen LogP contribution in [0.25, 0.3) is 11.2 Å². The molecule has 0 atom stereocenters. The first-order valence-electron chi connectivity index (χ1n) is 5.87. The molecule has 7 heteroatoms. The first-order valence-corrected chi connectivity index (χ1v) is 6.85. The van der Waals surface area contributed by atoms with Gasteiger partial charge in [-0.15, -0.1) is 0 Å². The number of hydrogen-bond donors (Lipinski definition) is 1. The van der Waals surface area contributed by atoms with E-state index in [0.29, 0.717) is 18.3 Å². The molecule has 0 unspecified atom stereocenters. The van der Waals surface area contributed by atoms with Crippen LogP contribution in [0.2, 0.25) is 0 Å². The summed E-state index contributed by atoms with van der Waals surface area (Å²) in [5.74, 6) is -0.860. The molecule has 2 aromatic rings. The second-order valence-electron chi connectivity index (χ2n) is 3.92. The number of carboxylic acid groups (broad SMARTS) is 1. The maximum absolute atomic E-state index is 10.7. The predicted molar refractivity (Wildman–Crippen MR) is 72.4 cm³/mol. The number of aromatic nitrogens is 3. The van der Waals surface area contributed by atoms with Crippen molar-refractivity contribution < 1.29 is 14.6 Å². The number of carbonyl (C=O) groups is 1. The van der Waals surface area contributed by atoms with Gasteiger partial charge in [0.05, 0.1) is 5.75 Å². The lowest BCUT2D eigenvalue weighted by Gasteiger charge is -2.06. The summed E-state index contributed by atoms with van der Waals surface area (Å²) in [7, 11) is 1.66. The van der Waals surface area contributed by atoms with Crippen LogP contribution in [-0.2, 0) is 16.1 Å². The first-order chi connectivity index (χ1) is 9.22. The number of aliphatic carboxylic acids is 1. The normalized spacial score (nSPS) is 11.0. The zero-order valence-corrected chi connectivity index (χ0v) is 11.4. The van der Waals surface area contributed by atoms with E-state index < -0.39 is 5.97 Å². The van der Waals surface area contributed by atoms with Crippen molar-refractivity contribution in [1.82, 2.24) is 14.5 Å². The molecule has 1 N–H and O–H groups in total. The number of imidazole rings is 1. The maximum atomic E-state index is 10.7. The fraction of sp³-hybridized carbons (Fsp3) is 0.417. The molecule has 0 aromatic carbocycles. The van der Waals surface area contributed by atoms with E-state index in [1.165, 1.54) is 11.8 Å². The van der Waals surface area contributed by atoms with Crippen molar-refractivity contribution in [2.75, 3.05) is 19.5 Å². The molecule has 19 heavy (non-hydrogen) atoms. The highest BCUT2D eigenvalue weighted by Gasteiger charge is 2.13. The number of nitrogens with zero attached hydrogens (tertiary/aromatic N) is 3. The molecule has 0 saturated carbocycles. The summed E-state index contributed by atoms with van der Waals surface area (Å²) in [4.78, 5) is 19.4. The molecule has 0 fully saturated rings. The topological polar surface area (TPSA) is 77.2 Å². The van der Waals surface area contributed by atoms with E-state index >= 15 is 0 Å². The average molecular weight is 281 g/mol. The van der Waals surface area contributed by atoms with Crippen LogP contribution in [0.1, 0.15) is 6.42 Å². The largest absolute Gasteiger partial charge is 0.481 e. The summed E-state index contributed by atoms with van der Waals surface area (Å²) in [5.41, 5.74) is 1.57. The molecule has 2 heterocycles. The van der Waals surface area contributed by atoms with Crippen LogP contribution in [0.3, 0.4) is 0 Å². The van der Waals surface area contributed by atoms with Gasteiger partial charge in [0.2, 0.25) is 0 Å². The molecule has 0 bridgehead atoms. The van der Waals surface area contributed by atoms with Gasteiger partial charge in [0.1, 0.15) is 5.52 Å². The number of rotatable bonds is 7. The standard InChI is InChI=1S/C12H15N3O3S/c1-18-7-3-6-15-11-9(4-2-5-13-11)14-12(15)19-8-10(16)17/h2,4-5H,3,6-8H2,1H3,(H,16,17). The van der Waals surface area contributed by atoms with E-state index in [9.17, 15) is 4.79 Å². The molecule has 0 amide bonds. The third-order valence-corrected chi connectivity index (χ3v) is 3.48. The smallest absolute Gasteiger partial charge is 0.313 e. The molecule has 102 valence electrons. The van der Waals surface area contributed by atoms with Crippen molar-refractivity contribution in [3.05, 3.63) is 18.3 Å². The Morgan fingerprint density at radius 1 is 1.58 bits per heavy atom. The van der Waals surface area contributed by atoms with Gasteiger partial charge < -0.3 is 14.4 Å². The lowest BCUT2D eigenvalue weighted by Crippen LogP contribution is -2.05. The highest BCUT2D eigenvalue weighted by Crippen LogP contribution is 2.22. The van der Waals surface area contributed by atoms with Gasteiger partial charge in [-0.25, -0.2) is 9.97 Å². The van der Waals surface area contributed by atoms with Crippen LogP contribution in [-0.4, -0.2) is 45.1 Å². The molecule has 0 aliphatic carbocycles. The number of methoxy groups -OCH3 is 1. The summed E-state index contributed by atoms with van der Waals surface area (Å²) < 4.78 is 6.98. The van der Waals surface area contributed by atoms with Crippen LogP contribution < -0.4 is 0 Å². The van der Waals surface area contributed by atoms with Crippen molar-refractivity contribution in [3.63, 3.8) is 0 Å². The highest BCUT2D eigenvalue weighted by molar-refractivity contribution is 7.99. The van der Waals surface area contributed by atoms with Gasteiger partial charge in [0.15, 0.2) is 10.8 Å². The number of thioether (sulfide) groups is 1. The van der Waals surface area contributed by atoms with Crippen molar-refractivity contribution in [3.8, 4) is 0 Å². The second-order valence-corrected chi connectivity index (χ2v) is 4.86. The SMILES string of the molecule is COCCCn1c(SCC(=O)O)nc2cccnc21. The molecular weight excluding hydrogens is 266 g/mol. The van der Waals surface area contributed by atoms with E-state index in [1.807, 2.05) is 16.7 Å². The van der Waals surface area contributed by atoms with Gasteiger partial charge in [-0.05, 0) is 18.6 Å². The highest BCUT2D eigenvalue weighted by atomic mass is 32.2. The minimum Gasteiger partial charge on any atom is -0.481 e. The van der Waals surface area contributed by atoms with Gasteiger partial charge in [-0.1, -0.05) is 11.8 Å². The molecule has 2 rings (SSSR count). The maximum Gasteiger partial charge on any atom is 0.313 e. The Kier molecular flexibility index (Phi) is 4.75. The number of aryl methyl sites for hydroxylation is 1. The van der Waals surface area contributed by atoms with E-state index in [1.54, 1.807) is 13.3 Å². The van der Waals surface area contributed by atoms with Crippen LogP contribution in [0, 0.1) is 0 Å². The lowest BCUT2D eigenvalue weighted by molar-refractivity contribution is -0.133. The van der Waals surface area contributed by atoms with Gasteiger partial charge in [0.25, 0.3) is 0 Å². The monoisotopic (exact) mass is 281 g/mol. The number of carboxylic acids is 1. The van der Waals surface area contributed by atoms with Crippen LogP contribution in [0.4, 0.5) is 0 Å². The molecule has 0 radical (unpaired) electrons. The predicted octanol–water partition coefficient (Wildman–Crippen LogP) is 1.64. The summed E-state index contributed by atoms with van der Waals surface area (Å²) in [6.07, 6.45) is 2.54. The summed E-state index contributed by atoms with van der Waals surface area (Å²) in [5, 5.41) is 9.45. The Morgan fingerprint density at radius 2 is 2.42 bits per heavy atom. The zero-order valence-electron chi connectivity index (χ0n) is 10.6. The van der Waals surface area contributed by atoms with E-state index in [4.69, 9.17) is 9.84 Å². The third-order valence-electron chi connectivity index (χ3n) is 2.52. The Hall–Kier alpha value is -1.60. The van der Waals surface area contributed by atoms with Crippen molar-refractivity contribution in [2.24, 2.45) is 0 Å².